The molecule has 3 aromatic heterocycles. The highest BCUT2D eigenvalue weighted by molar-refractivity contribution is 6.08. The second-order valence-corrected chi connectivity index (χ2v) is 13.5. The van der Waals surface area contributed by atoms with Gasteiger partial charge < -0.3 is 14.8 Å². The van der Waals surface area contributed by atoms with Crippen molar-refractivity contribution in [2.75, 3.05) is 23.3 Å². The second-order valence-electron chi connectivity index (χ2n) is 13.5. The summed E-state index contributed by atoms with van der Waals surface area (Å²) in [5.41, 5.74) is 4.93. The van der Waals surface area contributed by atoms with Gasteiger partial charge in [0.25, 0.3) is 0 Å². The van der Waals surface area contributed by atoms with Crippen LogP contribution in [0.1, 0.15) is 71.9 Å². The zero-order chi connectivity index (χ0) is 30.0. The fraction of sp³-hybridized carbons (Fsp3) is 0.471. The number of hydrogen-bond acceptors (Lipinski definition) is 6. The molecule has 4 aromatic rings. The molecule has 7 rings (SSSR count). The molecule has 0 radical (unpaired) electrons. The van der Waals surface area contributed by atoms with Crippen LogP contribution in [0.3, 0.4) is 0 Å². The van der Waals surface area contributed by atoms with Crippen LogP contribution in [0.4, 0.5) is 21.6 Å². The molecule has 0 bridgehead atoms. The summed E-state index contributed by atoms with van der Waals surface area (Å²) in [5, 5.41) is 3.21. The number of imidazole rings is 1. The maximum absolute atomic E-state index is 14.7. The lowest BCUT2D eigenvalue weighted by atomic mass is 9.82. The van der Waals surface area contributed by atoms with Gasteiger partial charge in [-0.1, -0.05) is 19.1 Å². The van der Waals surface area contributed by atoms with Gasteiger partial charge in [0.05, 0.1) is 34.8 Å². The molecule has 3 aliphatic rings. The van der Waals surface area contributed by atoms with Gasteiger partial charge >= 0.3 is 0 Å². The van der Waals surface area contributed by atoms with Crippen molar-refractivity contribution in [2.24, 2.45) is 5.92 Å². The van der Waals surface area contributed by atoms with Gasteiger partial charge in [-0.15, -0.1) is 0 Å². The smallest absolute Gasteiger partial charge is 0.237 e. The van der Waals surface area contributed by atoms with Crippen molar-refractivity contribution >= 4 is 34.1 Å². The summed E-state index contributed by atoms with van der Waals surface area (Å²) in [6.45, 7) is 12.9. The Hall–Kier alpha value is -3.85. The number of fused-ring (bicyclic) bond motifs is 2. The number of carbonyl (C=O) groups is 1. The molecule has 1 amide bonds. The Morgan fingerprint density at radius 3 is 2.67 bits per heavy atom. The third-order valence-corrected chi connectivity index (χ3v) is 9.77. The molecule has 1 aliphatic carbocycles. The largest absolute Gasteiger partial charge is 0.336 e. The Balaban J connectivity index is 1.25. The van der Waals surface area contributed by atoms with Crippen LogP contribution in [0.5, 0.6) is 0 Å². The van der Waals surface area contributed by atoms with Crippen molar-refractivity contribution in [1.29, 1.82) is 0 Å². The van der Waals surface area contributed by atoms with E-state index in [1.54, 1.807) is 18.6 Å². The van der Waals surface area contributed by atoms with Crippen LogP contribution < -0.4 is 10.2 Å². The molecule has 9 heteroatoms. The maximum Gasteiger partial charge on any atom is 0.237 e. The van der Waals surface area contributed by atoms with Crippen molar-refractivity contribution < 1.29 is 9.18 Å². The molecule has 1 atom stereocenters. The quantitative estimate of drug-likeness (QED) is 0.269. The summed E-state index contributed by atoms with van der Waals surface area (Å²) < 4.78 is 16.7. The molecule has 5 heterocycles. The molecule has 2 fully saturated rings. The van der Waals surface area contributed by atoms with Gasteiger partial charge in [0.15, 0.2) is 11.6 Å². The molecule has 2 aliphatic heterocycles. The summed E-state index contributed by atoms with van der Waals surface area (Å²) in [6, 6.07) is 10.7. The SMILES string of the molecule is CC(C)n1cnc2cc(-c3ccc4c(c3)N(C3CC(N5CCC[C@@H](C)C5)C3)C(=O)C4(C)C)nc(Nc3ccncc3F)c21. The molecular formula is C34H40FN7O. The minimum Gasteiger partial charge on any atom is -0.336 e. The zero-order valence-corrected chi connectivity index (χ0v) is 25.6. The molecular weight excluding hydrogens is 541 g/mol. The number of pyridine rings is 2. The van der Waals surface area contributed by atoms with Crippen LogP contribution in [0, 0.1) is 11.7 Å². The number of rotatable bonds is 6. The first-order valence-corrected chi connectivity index (χ1v) is 15.6. The molecule has 43 heavy (non-hydrogen) atoms. The zero-order valence-electron chi connectivity index (χ0n) is 25.6. The Bertz CT molecular complexity index is 1710. The van der Waals surface area contributed by atoms with Gasteiger partial charge in [0.2, 0.25) is 5.91 Å². The summed E-state index contributed by atoms with van der Waals surface area (Å²) in [5.74, 6) is 0.986. The summed E-state index contributed by atoms with van der Waals surface area (Å²) in [4.78, 5) is 32.2. The number of halogens is 1. The summed E-state index contributed by atoms with van der Waals surface area (Å²) >= 11 is 0. The standard InChI is InChI=1S/C34H40FN7O/c1-20(2)41-19-37-29-16-28(39-32(31(29)41)38-27-10-11-36-17-26(27)35)22-8-9-25-30(13-22)42(33(43)34(25,4)5)24-14-23(15-24)40-12-6-7-21(3)18-40/h8-11,13,16-17,19-21,23-24H,6-7,12,14-15,18H2,1-5H3,(H,36,38,39)/t21-,23?,24?/m1/s1. The summed E-state index contributed by atoms with van der Waals surface area (Å²) in [6.07, 6.45) is 9.15. The Labute approximate surface area is 252 Å². The van der Waals surface area contributed by atoms with Crippen LogP contribution in [-0.4, -0.2) is 55.5 Å². The molecule has 8 nitrogen and oxygen atoms in total. The van der Waals surface area contributed by atoms with E-state index in [4.69, 9.17) is 4.98 Å². The number of anilines is 3. The first-order valence-electron chi connectivity index (χ1n) is 15.6. The molecule has 1 saturated heterocycles. The third-order valence-electron chi connectivity index (χ3n) is 9.77. The topological polar surface area (TPSA) is 79.2 Å². The second kappa shape index (κ2) is 10.4. The predicted molar refractivity (Wildman–Crippen MR) is 168 cm³/mol. The van der Waals surface area contributed by atoms with Gasteiger partial charge in [0, 0.05) is 42.1 Å². The fourth-order valence-corrected chi connectivity index (χ4v) is 7.22. The molecule has 0 spiro atoms. The predicted octanol–water partition coefficient (Wildman–Crippen LogP) is 6.84. The first-order chi connectivity index (χ1) is 20.6. The lowest BCUT2D eigenvalue weighted by Gasteiger charge is -2.48. The number of piperidine rings is 1. The van der Waals surface area contributed by atoms with E-state index in [1.165, 1.54) is 25.6 Å². The maximum atomic E-state index is 14.7. The number of aromatic nitrogens is 4. The lowest BCUT2D eigenvalue weighted by molar-refractivity contribution is -0.123. The highest BCUT2D eigenvalue weighted by atomic mass is 19.1. The van der Waals surface area contributed by atoms with Crippen LogP contribution in [0.15, 0.2) is 49.1 Å². The normalized spacial score (nSPS) is 23.6. The van der Waals surface area contributed by atoms with Crippen molar-refractivity contribution in [3.63, 3.8) is 0 Å². The van der Waals surface area contributed by atoms with Gasteiger partial charge in [-0.05, 0) is 89.6 Å². The molecule has 1 saturated carbocycles. The van der Waals surface area contributed by atoms with Crippen molar-refractivity contribution in [2.45, 2.75) is 83.8 Å². The minimum absolute atomic E-state index is 0.140. The fourth-order valence-electron chi connectivity index (χ4n) is 7.22. The molecule has 224 valence electrons. The minimum atomic E-state index is -0.586. The number of benzene rings is 1. The lowest BCUT2D eigenvalue weighted by Crippen LogP contribution is -2.57. The number of amides is 1. The van der Waals surface area contributed by atoms with E-state index in [-0.39, 0.29) is 18.0 Å². The number of nitrogens with one attached hydrogen (secondary N) is 1. The number of nitrogens with zero attached hydrogens (tertiary/aromatic N) is 6. The van der Waals surface area contributed by atoms with Crippen LogP contribution in [-0.2, 0) is 10.2 Å². The highest BCUT2D eigenvalue weighted by Crippen LogP contribution is 2.48. The van der Waals surface area contributed by atoms with E-state index < -0.39 is 11.2 Å². The van der Waals surface area contributed by atoms with E-state index >= 15 is 0 Å². The van der Waals surface area contributed by atoms with Gasteiger partial charge in [-0.25, -0.2) is 14.4 Å². The van der Waals surface area contributed by atoms with Gasteiger partial charge in [-0.3, -0.25) is 14.7 Å². The van der Waals surface area contributed by atoms with Crippen LogP contribution in [0.2, 0.25) is 0 Å². The third kappa shape index (κ3) is 4.69. The van der Waals surface area contributed by atoms with E-state index in [1.807, 2.05) is 30.5 Å². The van der Waals surface area contributed by atoms with Crippen molar-refractivity contribution in [3.8, 4) is 11.3 Å². The van der Waals surface area contributed by atoms with E-state index in [0.717, 1.165) is 53.2 Å². The number of carbonyl (C=O) groups excluding carboxylic acids is 1. The Morgan fingerprint density at radius 2 is 1.93 bits per heavy atom. The molecule has 1 N–H and O–H groups in total. The van der Waals surface area contributed by atoms with E-state index in [2.05, 4.69) is 58.0 Å². The first kappa shape index (κ1) is 28.0. The summed E-state index contributed by atoms with van der Waals surface area (Å²) in [7, 11) is 0. The Morgan fingerprint density at radius 1 is 1.12 bits per heavy atom. The number of hydrogen-bond donors (Lipinski definition) is 1. The number of likely N-dealkylation sites (tertiary alicyclic amines) is 1. The Kier molecular flexibility index (Phi) is 6.76. The molecule has 1 aromatic carbocycles. The van der Waals surface area contributed by atoms with Crippen LogP contribution in [0.25, 0.3) is 22.3 Å². The van der Waals surface area contributed by atoms with E-state index in [0.29, 0.717) is 23.2 Å². The van der Waals surface area contributed by atoms with Gasteiger partial charge in [0.1, 0.15) is 5.52 Å². The van der Waals surface area contributed by atoms with Crippen molar-refractivity contribution in [1.82, 2.24) is 24.4 Å². The average molecular weight is 582 g/mol. The van der Waals surface area contributed by atoms with E-state index in [9.17, 15) is 9.18 Å². The van der Waals surface area contributed by atoms with Crippen molar-refractivity contribution in [3.05, 3.63) is 60.4 Å². The van der Waals surface area contributed by atoms with Gasteiger partial charge in [-0.2, -0.15) is 0 Å². The highest BCUT2D eigenvalue weighted by Gasteiger charge is 2.50. The van der Waals surface area contributed by atoms with Crippen LogP contribution >= 0.6 is 0 Å². The average Bonchev–Trinajstić information content (AvgIpc) is 3.47. The monoisotopic (exact) mass is 581 g/mol. The molecule has 0 unspecified atom stereocenters.